The molecule has 0 amide bonds. The topological polar surface area (TPSA) is 50.8 Å². The van der Waals surface area contributed by atoms with Crippen molar-refractivity contribution in [3.05, 3.63) is 60.6 Å². The average Bonchev–Trinajstić information content (AvgIpc) is 2.90. The summed E-state index contributed by atoms with van der Waals surface area (Å²) < 4.78 is 5.53. The minimum Gasteiger partial charge on any atom is -0.488 e. The van der Waals surface area contributed by atoms with Gasteiger partial charge in [0.25, 0.3) is 0 Å². The predicted molar refractivity (Wildman–Crippen MR) is 82.2 cm³/mol. The zero-order chi connectivity index (χ0) is 14.4. The normalized spacial score (nSPS) is 18.4. The standard InChI is InChI=1S/C16H21N3O/c1-13(20-12-15-6-4-3-5-7-15)10-18-14(2)19-9-8-16(17)11-19/h3-7,10,16H,1-2,8-9,11-12,17H2/b18-10-/t16-/m0/s1. The fourth-order valence-electron chi connectivity index (χ4n) is 2.04. The molecule has 1 aliphatic rings. The van der Waals surface area contributed by atoms with Gasteiger partial charge in [0.15, 0.2) is 0 Å². The van der Waals surface area contributed by atoms with E-state index in [1.165, 1.54) is 0 Å². The molecule has 1 heterocycles. The third-order valence-electron chi connectivity index (χ3n) is 3.21. The minimum absolute atomic E-state index is 0.222. The maximum atomic E-state index is 5.85. The summed E-state index contributed by atoms with van der Waals surface area (Å²) in [6, 6.07) is 10.2. The Kier molecular flexibility index (Phi) is 4.96. The molecule has 0 bridgehead atoms. The predicted octanol–water partition coefficient (Wildman–Crippen LogP) is 2.29. The molecule has 106 valence electrons. The van der Waals surface area contributed by atoms with Crippen LogP contribution < -0.4 is 5.73 Å². The number of allylic oxidation sites excluding steroid dienone is 1. The quantitative estimate of drug-likeness (QED) is 0.638. The first-order chi connectivity index (χ1) is 9.65. The van der Waals surface area contributed by atoms with E-state index in [1.807, 2.05) is 30.3 Å². The number of aliphatic imine (C=N–C) groups is 1. The first-order valence-corrected chi connectivity index (χ1v) is 6.74. The van der Waals surface area contributed by atoms with Crippen molar-refractivity contribution >= 4 is 6.21 Å². The van der Waals surface area contributed by atoms with Gasteiger partial charge in [-0.15, -0.1) is 0 Å². The molecule has 0 spiro atoms. The zero-order valence-electron chi connectivity index (χ0n) is 11.7. The molecule has 4 nitrogen and oxygen atoms in total. The van der Waals surface area contributed by atoms with Crippen LogP contribution >= 0.6 is 0 Å². The van der Waals surface area contributed by atoms with Crippen LogP contribution in [0, 0.1) is 0 Å². The van der Waals surface area contributed by atoms with Crippen molar-refractivity contribution in [2.45, 2.75) is 19.1 Å². The zero-order valence-corrected chi connectivity index (χ0v) is 11.7. The van der Waals surface area contributed by atoms with Crippen LogP contribution in [0.4, 0.5) is 0 Å². The third kappa shape index (κ3) is 4.24. The summed E-state index contributed by atoms with van der Waals surface area (Å²) in [7, 11) is 0. The van der Waals surface area contributed by atoms with Crippen LogP contribution in [0.1, 0.15) is 12.0 Å². The average molecular weight is 271 g/mol. The highest BCUT2D eigenvalue weighted by Crippen LogP contribution is 2.13. The SMILES string of the molecule is C=C(/C=N\C(=C)N1CC[C@H](N)C1)OCc1ccccc1. The Hall–Kier alpha value is -2.07. The van der Waals surface area contributed by atoms with E-state index in [4.69, 9.17) is 10.5 Å². The molecule has 1 fully saturated rings. The summed E-state index contributed by atoms with van der Waals surface area (Å²) in [5.74, 6) is 1.24. The Morgan fingerprint density at radius 3 is 2.80 bits per heavy atom. The smallest absolute Gasteiger partial charge is 0.130 e. The van der Waals surface area contributed by atoms with E-state index in [2.05, 4.69) is 23.1 Å². The van der Waals surface area contributed by atoms with Gasteiger partial charge in [-0.3, -0.25) is 0 Å². The van der Waals surface area contributed by atoms with E-state index >= 15 is 0 Å². The van der Waals surface area contributed by atoms with Gasteiger partial charge in [0.2, 0.25) is 0 Å². The molecule has 2 N–H and O–H groups in total. The lowest BCUT2D eigenvalue weighted by molar-refractivity contribution is 0.220. The van der Waals surface area contributed by atoms with E-state index in [-0.39, 0.29) is 6.04 Å². The molecule has 0 unspecified atom stereocenters. The van der Waals surface area contributed by atoms with Crippen LogP contribution in [-0.2, 0) is 11.3 Å². The fraction of sp³-hybridized carbons (Fsp3) is 0.312. The molecule has 0 radical (unpaired) electrons. The fourth-order valence-corrected chi connectivity index (χ4v) is 2.04. The molecular formula is C16H21N3O. The molecule has 1 saturated heterocycles. The van der Waals surface area contributed by atoms with Crippen molar-refractivity contribution in [2.24, 2.45) is 10.7 Å². The number of nitrogens with two attached hydrogens (primary N) is 1. The highest BCUT2D eigenvalue weighted by molar-refractivity contribution is 5.75. The maximum absolute atomic E-state index is 5.85. The monoisotopic (exact) mass is 271 g/mol. The van der Waals surface area contributed by atoms with Gasteiger partial charge < -0.3 is 15.4 Å². The number of hydrogen-bond acceptors (Lipinski definition) is 4. The van der Waals surface area contributed by atoms with Gasteiger partial charge in [-0.1, -0.05) is 43.5 Å². The van der Waals surface area contributed by atoms with E-state index in [9.17, 15) is 0 Å². The van der Waals surface area contributed by atoms with Crippen LogP contribution in [0.2, 0.25) is 0 Å². The van der Waals surface area contributed by atoms with Crippen molar-refractivity contribution in [1.29, 1.82) is 0 Å². The van der Waals surface area contributed by atoms with Gasteiger partial charge in [0.1, 0.15) is 18.2 Å². The second kappa shape index (κ2) is 6.91. The number of hydrogen-bond donors (Lipinski definition) is 1. The van der Waals surface area contributed by atoms with Crippen LogP contribution in [-0.4, -0.2) is 30.2 Å². The molecule has 0 saturated carbocycles. The second-order valence-corrected chi connectivity index (χ2v) is 4.91. The van der Waals surface area contributed by atoms with E-state index < -0.39 is 0 Å². The molecule has 2 rings (SSSR count). The summed E-state index contributed by atoms with van der Waals surface area (Å²) in [6.45, 7) is 9.98. The lowest BCUT2D eigenvalue weighted by Crippen LogP contribution is -2.25. The van der Waals surface area contributed by atoms with Gasteiger partial charge in [-0.2, -0.15) is 0 Å². The Morgan fingerprint density at radius 2 is 2.15 bits per heavy atom. The van der Waals surface area contributed by atoms with Gasteiger partial charge in [-0.25, -0.2) is 4.99 Å². The largest absolute Gasteiger partial charge is 0.488 e. The van der Waals surface area contributed by atoms with Gasteiger partial charge >= 0.3 is 0 Å². The van der Waals surface area contributed by atoms with Crippen molar-refractivity contribution in [3.63, 3.8) is 0 Å². The number of benzene rings is 1. The van der Waals surface area contributed by atoms with Crippen LogP contribution in [0.3, 0.4) is 0 Å². The summed E-state index contributed by atoms with van der Waals surface area (Å²) in [5.41, 5.74) is 6.96. The van der Waals surface area contributed by atoms with Gasteiger partial charge in [0, 0.05) is 19.1 Å². The molecular weight excluding hydrogens is 250 g/mol. The summed E-state index contributed by atoms with van der Waals surface area (Å²) in [5, 5.41) is 0. The number of rotatable bonds is 6. The highest BCUT2D eigenvalue weighted by atomic mass is 16.5. The molecule has 1 aromatic rings. The Morgan fingerprint density at radius 1 is 1.40 bits per heavy atom. The third-order valence-corrected chi connectivity index (χ3v) is 3.21. The Labute approximate surface area is 120 Å². The molecule has 1 aliphatic heterocycles. The lowest BCUT2D eigenvalue weighted by Gasteiger charge is -2.16. The molecule has 1 atom stereocenters. The number of likely N-dealkylation sites (tertiary alicyclic amines) is 1. The number of nitrogens with zero attached hydrogens (tertiary/aromatic N) is 2. The minimum atomic E-state index is 0.222. The van der Waals surface area contributed by atoms with Crippen molar-refractivity contribution in [1.82, 2.24) is 4.90 Å². The van der Waals surface area contributed by atoms with Crippen LogP contribution in [0.15, 0.2) is 60.1 Å². The van der Waals surface area contributed by atoms with E-state index in [0.717, 1.165) is 25.1 Å². The Balaban J connectivity index is 1.76. The van der Waals surface area contributed by atoms with E-state index in [0.29, 0.717) is 18.2 Å². The van der Waals surface area contributed by atoms with Gasteiger partial charge in [-0.05, 0) is 12.0 Å². The summed E-state index contributed by atoms with van der Waals surface area (Å²) >= 11 is 0. The number of ether oxygens (including phenoxy) is 1. The second-order valence-electron chi connectivity index (χ2n) is 4.91. The highest BCUT2D eigenvalue weighted by Gasteiger charge is 2.19. The van der Waals surface area contributed by atoms with Crippen LogP contribution in [0.25, 0.3) is 0 Å². The Bertz CT molecular complexity index is 496. The summed E-state index contributed by atoms with van der Waals surface area (Å²) in [6.07, 6.45) is 2.59. The van der Waals surface area contributed by atoms with Crippen LogP contribution in [0.5, 0.6) is 0 Å². The summed E-state index contributed by atoms with van der Waals surface area (Å²) in [4.78, 5) is 6.35. The first-order valence-electron chi connectivity index (χ1n) is 6.74. The first kappa shape index (κ1) is 14.3. The van der Waals surface area contributed by atoms with Gasteiger partial charge in [0.05, 0.1) is 6.21 Å². The molecule has 4 heteroatoms. The molecule has 20 heavy (non-hydrogen) atoms. The molecule has 1 aromatic carbocycles. The molecule has 0 aromatic heterocycles. The van der Waals surface area contributed by atoms with Crippen molar-refractivity contribution < 1.29 is 4.74 Å². The van der Waals surface area contributed by atoms with E-state index in [1.54, 1.807) is 6.21 Å². The maximum Gasteiger partial charge on any atom is 0.130 e. The lowest BCUT2D eigenvalue weighted by atomic mass is 10.2. The van der Waals surface area contributed by atoms with Crippen molar-refractivity contribution in [2.75, 3.05) is 13.1 Å². The van der Waals surface area contributed by atoms with Crippen molar-refractivity contribution in [3.8, 4) is 0 Å². The molecule has 0 aliphatic carbocycles.